The Morgan fingerprint density at radius 1 is 1.24 bits per heavy atom. The van der Waals surface area contributed by atoms with Gasteiger partial charge in [-0.1, -0.05) is 38.0 Å². The van der Waals surface area contributed by atoms with E-state index in [4.69, 9.17) is 0 Å². The number of hydrogen-bond donors (Lipinski definition) is 2. The van der Waals surface area contributed by atoms with E-state index in [9.17, 15) is 0 Å². The van der Waals surface area contributed by atoms with Gasteiger partial charge in [0.25, 0.3) is 0 Å². The van der Waals surface area contributed by atoms with E-state index < -0.39 is 0 Å². The van der Waals surface area contributed by atoms with Crippen LogP contribution in [0.3, 0.4) is 0 Å². The monoisotopic (exact) mass is 232 g/mol. The van der Waals surface area contributed by atoms with Crippen molar-refractivity contribution >= 4 is 5.69 Å². The smallest absolute Gasteiger partial charge is 0.0373 e. The zero-order valence-electron chi connectivity index (χ0n) is 10.8. The van der Waals surface area contributed by atoms with Gasteiger partial charge >= 0.3 is 0 Å². The first-order valence-electron chi connectivity index (χ1n) is 6.95. The van der Waals surface area contributed by atoms with Gasteiger partial charge in [-0.3, -0.25) is 0 Å². The Balaban J connectivity index is 1.87. The topological polar surface area (TPSA) is 24.1 Å². The second-order valence-corrected chi connectivity index (χ2v) is 4.89. The van der Waals surface area contributed by atoms with Crippen molar-refractivity contribution < 1.29 is 0 Å². The molecule has 94 valence electrons. The first kappa shape index (κ1) is 12.4. The molecule has 17 heavy (non-hydrogen) atoms. The predicted octanol–water partition coefficient (Wildman–Crippen LogP) is 3.19. The van der Waals surface area contributed by atoms with Gasteiger partial charge in [0.05, 0.1) is 0 Å². The van der Waals surface area contributed by atoms with E-state index in [1.807, 2.05) is 0 Å². The summed E-state index contributed by atoms with van der Waals surface area (Å²) in [5.74, 6) is 0. The largest absolute Gasteiger partial charge is 0.383 e. The Labute approximate surface area is 105 Å². The highest BCUT2D eigenvalue weighted by atomic mass is 15.0. The minimum absolute atomic E-state index is 0.641. The van der Waals surface area contributed by atoms with E-state index >= 15 is 0 Å². The minimum atomic E-state index is 0.641. The molecule has 1 aromatic carbocycles. The molecule has 1 unspecified atom stereocenters. The van der Waals surface area contributed by atoms with Gasteiger partial charge in [0, 0.05) is 18.3 Å². The van der Waals surface area contributed by atoms with Crippen molar-refractivity contribution in [3.8, 4) is 0 Å². The molecule has 0 spiro atoms. The van der Waals surface area contributed by atoms with E-state index in [2.05, 4.69) is 41.8 Å². The fourth-order valence-corrected chi connectivity index (χ4v) is 2.51. The van der Waals surface area contributed by atoms with Gasteiger partial charge < -0.3 is 10.6 Å². The summed E-state index contributed by atoms with van der Waals surface area (Å²) in [6.07, 6.45) is 6.49. The highest BCUT2D eigenvalue weighted by molar-refractivity contribution is 5.51. The number of hydrogen-bond acceptors (Lipinski definition) is 2. The van der Waals surface area contributed by atoms with Crippen LogP contribution in [0.5, 0.6) is 0 Å². The van der Waals surface area contributed by atoms with Crippen LogP contribution in [0.1, 0.15) is 38.2 Å². The number of para-hydroxylation sites is 1. The summed E-state index contributed by atoms with van der Waals surface area (Å²) in [7, 11) is 0. The Hall–Kier alpha value is -1.02. The molecule has 1 aliphatic heterocycles. The third-order valence-electron chi connectivity index (χ3n) is 3.60. The summed E-state index contributed by atoms with van der Waals surface area (Å²) in [6, 6.07) is 9.27. The molecule has 1 heterocycles. The maximum absolute atomic E-state index is 3.63. The highest BCUT2D eigenvalue weighted by Crippen LogP contribution is 2.16. The first-order valence-corrected chi connectivity index (χ1v) is 6.95. The normalized spacial score (nSPS) is 20.9. The molecule has 0 aromatic heterocycles. The maximum atomic E-state index is 3.63. The summed E-state index contributed by atoms with van der Waals surface area (Å²) in [6.45, 7) is 4.45. The molecule has 1 aliphatic rings. The standard InChI is InChI=1S/C15H24N2/c1-2-13-8-5-6-10-15(13)17-12-14-9-4-3-7-11-16-14/h5-6,8,10,14,16-17H,2-4,7,9,11-12H2,1H3. The average Bonchev–Trinajstić information content (AvgIpc) is 2.65. The van der Waals surface area contributed by atoms with Crippen LogP contribution in [0.2, 0.25) is 0 Å². The van der Waals surface area contributed by atoms with Gasteiger partial charge in [-0.2, -0.15) is 0 Å². The lowest BCUT2D eigenvalue weighted by atomic mass is 10.1. The molecular weight excluding hydrogens is 208 g/mol. The van der Waals surface area contributed by atoms with Crippen molar-refractivity contribution in [3.63, 3.8) is 0 Å². The van der Waals surface area contributed by atoms with Gasteiger partial charge in [0.15, 0.2) is 0 Å². The summed E-state index contributed by atoms with van der Waals surface area (Å²) in [4.78, 5) is 0. The van der Waals surface area contributed by atoms with Gasteiger partial charge in [0.2, 0.25) is 0 Å². The zero-order chi connectivity index (χ0) is 11.9. The van der Waals surface area contributed by atoms with E-state index in [0.29, 0.717) is 6.04 Å². The van der Waals surface area contributed by atoms with Crippen molar-refractivity contribution in [1.29, 1.82) is 0 Å². The van der Waals surface area contributed by atoms with Crippen molar-refractivity contribution in [2.75, 3.05) is 18.4 Å². The molecule has 2 heteroatoms. The third kappa shape index (κ3) is 3.74. The fourth-order valence-electron chi connectivity index (χ4n) is 2.51. The lowest BCUT2D eigenvalue weighted by molar-refractivity contribution is 0.530. The summed E-state index contributed by atoms with van der Waals surface area (Å²) < 4.78 is 0. The third-order valence-corrected chi connectivity index (χ3v) is 3.60. The summed E-state index contributed by atoms with van der Waals surface area (Å²) >= 11 is 0. The molecule has 0 radical (unpaired) electrons. The molecule has 1 saturated heterocycles. The molecular formula is C15H24N2. The van der Waals surface area contributed by atoms with Crippen LogP contribution in [-0.4, -0.2) is 19.1 Å². The molecule has 1 fully saturated rings. The number of rotatable bonds is 4. The Morgan fingerprint density at radius 2 is 2.12 bits per heavy atom. The van der Waals surface area contributed by atoms with Crippen LogP contribution >= 0.6 is 0 Å². The SMILES string of the molecule is CCc1ccccc1NCC1CCCCCN1. The van der Waals surface area contributed by atoms with Crippen LogP contribution in [0.4, 0.5) is 5.69 Å². The van der Waals surface area contributed by atoms with Crippen LogP contribution in [0.25, 0.3) is 0 Å². The Kier molecular flexibility index (Phi) is 4.87. The molecule has 0 aliphatic carbocycles. The van der Waals surface area contributed by atoms with Crippen molar-refractivity contribution in [3.05, 3.63) is 29.8 Å². The summed E-state index contributed by atoms with van der Waals surface area (Å²) in [5, 5.41) is 7.23. The first-order chi connectivity index (χ1) is 8.40. The van der Waals surface area contributed by atoms with E-state index in [1.165, 1.54) is 43.5 Å². The molecule has 2 nitrogen and oxygen atoms in total. The predicted molar refractivity (Wildman–Crippen MR) is 74.6 cm³/mol. The fraction of sp³-hybridized carbons (Fsp3) is 0.600. The number of benzene rings is 1. The average molecular weight is 232 g/mol. The van der Waals surface area contributed by atoms with E-state index in [-0.39, 0.29) is 0 Å². The molecule has 1 aromatic rings. The molecule has 0 bridgehead atoms. The number of anilines is 1. The molecule has 1 atom stereocenters. The van der Waals surface area contributed by atoms with E-state index in [1.54, 1.807) is 0 Å². The lowest BCUT2D eigenvalue weighted by Crippen LogP contribution is -2.34. The Morgan fingerprint density at radius 3 is 3.00 bits per heavy atom. The summed E-state index contributed by atoms with van der Waals surface area (Å²) in [5.41, 5.74) is 2.72. The highest BCUT2D eigenvalue weighted by Gasteiger charge is 2.11. The molecule has 0 saturated carbocycles. The van der Waals surface area contributed by atoms with Crippen LogP contribution in [0, 0.1) is 0 Å². The van der Waals surface area contributed by atoms with Crippen molar-refractivity contribution in [1.82, 2.24) is 5.32 Å². The second-order valence-electron chi connectivity index (χ2n) is 4.89. The van der Waals surface area contributed by atoms with Crippen LogP contribution in [-0.2, 0) is 6.42 Å². The van der Waals surface area contributed by atoms with Gasteiger partial charge in [-0.25, -0.2) is 0 Å². The Bertz CT molecular complexity index is 327. The van der Waals surface area contributed by atoms with Crippen LogP contribution < -0.4 is 10.6 Å². The quantitative estimate of drug-likeness (QED) is 0.833. The van der Waals surface area contributed by atoms with Gasteiger partial charge in [-0.15, -0.1) is 0 Å². The van der Waals surface area contributed by atoms with Crippen molar-refractivity contribution in [2.45, 2.75) is 45.1 Å². The van der Waals surface area contributed by atoms with Crippen molar-refractivity contribution in [2.24, 2.45) is 0 Å². The molecule has 0 amide bonds. The minimum Gasteiger partial charge on any atom is -0.383 e. The van der Waals surface area contributed by atoms with E-state index in [0.717, 1.165) is 13.0 Å². The molecule has 2 N–H and O–H groups in total. The zero-order valence-corrected chi connectivity index (χ0v) is 10.8. The lowest BCUT2D eigenvalue weighted by Gasteiger charge is -2.18. The van der Waals surface area contributed by atoms with Gasteiger partial charge in [0.1, 0.15) is 0 Å². The second kappa shape index (κ2) is 6.65. The number of nitrogens with one attached hydrogen (secondary N) is 2. The molecule has 2 rings (SSSR count). The maximum Gasteiger partial charge on any atom is 0.0373 e. The van der Waals surface area contributed by atoms with Crippen LogP contribution in [0.15, 0.2) is 24.3 Å². The number of aryl methyl sites for hydroxylation is 1. The van der Waals surface area contributed by atoms with Gasteiger partial charge in [-0.05, 0) is 37.4 Å².